The average Bonchev–Trinajstić information content (AvgIpc) is 2.71. The number of ether oxygens (including phenoxy) is 3. The quantitative estimate of drug-likeness (QED) is 0.700. The fourth-order valence-corrected chi connectivity index (χ4v) is 3.19. The Kier molecular flexibility index (Phi) is 6.92. The molecular formula is C20H24ClN3O4. The number of carbonyl (C=O) groups is 1. The van der Waals surface area contributed by atoms with E-state index in [1.54, 1.807) is 23.1 Å². The second-order valence-electron chi connectivity index (χ2n) is 6.34. The van der Waals surface area contributed by atoms with Gasteiger partial charge in [0.1, 0.15) is 6.10 Å². The summed E-state index contributed by atoms with van der Waals surface area (Å²) in [5, 5.41) is 0.452. The molecule has 8 heteroatoms. The molecule has 1 unspecified atom stereocenters. The van der Waals surface area contributed by atoms with E-state index < -0.39 is 0 Å². The van der Waals surface area contributed by atoms with Gasteiger partial charge >= 0.3 is 6.01 Å². The number of nitrogens with zero attached hydrogens (tertiary/aromatic N) is 3. The smallest absolute Gasteiger partial charge is 0.316 e. The summed E-state index contributed by atoms with van der Waals surface area (Å²) >= 11 is 5.80. The number of hydrogen-bond donors (Lipinski definition) is 0. The second-order valence-corrected chi connectivity index (χ2v) is 6.78. The lowest BCUT2D eigenvalue weighted by molar-refractivity contribution is 0.0515. The molecule has 1 fully saturated rings. The predicted molar refractivity (Wildman–Crippen MR) is 105 cm³/mol. The van der Waals surface area contributed by atoms with Gasteiger partial charge in [0.05, 0.1) is 37.2 Å². The number of likely N-dealkylation sites (tertiary alicyclic amines) is 1. The summed E-state index contributed by atoms with van der Waals surface area (Å²) in [5.74, 6) is 1.16. The summed E-state index contributed by atoms with van der Waals surface area (Å²) in [7, 11) is 0. The molecule has 0 bridgehead atoms. The van der Waals surface area contributed by atoms with Crippen molar-refractivity contribution in [3.05, 3.63) is 41.2 Å². The zero-order valence-corrected chi connectivity index (χ0v) is 16.8. The molecule has 0 N–H and O–H groups in total. The minimum absolute atomic E-state index is 0.0608. The molecule has 0 radical (unpaired) electrons. The van der Waals surface area contributed by atoms with Crippen molar-refractivity contribution < 1.29 is 19.0 Å². The van der Waals surface area contributed by atoms with Crippen molar-refractivity contribution in [2.75, 3.05) is 26.3 Å². The van der Waals surface area contributed by atoms with Crippen LogP contribution in [0.5, 0.6) is 17.5 Å². The van der Waals surface area contributed by atoms with Gasteiger partial charge in [0.15, 0.2) is 11.5 Å². The average molecular weight is 406 g/mol. The van der Waals surface area contributed by atoms with Gasteiger partial charge in [-0.1, -0.05) is 11.6 Å². The Bertz CT molecular complexity index is 801. The summed E-state index contributed by atoms with van der Waals surface area (Å²) in [4.78, 5) is 22.9. The van der Waals surface area contributed by atoms with Crippen LogP contribution in [0.15, 0.2) is 30.6 Å². The van der Waals surface area contributed by atoms with E-state index >= 15 is 0 Å². The van der Waals surface area contributed by atoms with Crippen LogP contribution in [0.2, 0.25) is 5.02 Å². The molecule has 1 aliphatic heterocycles. The largest absolute Gasteiger partial charge is 0.490 e. The Labute approximate surface area is 169 Å². The van der Waals surface area contributed by atoms with E-state index in [0.29, 0.717) is 48.4 Å². The first-order valence-corrected chi connectivity index (χ1v) is 9.81. The van der Waals surface area contributed by atoms with E-state index in [2.05, 4.69) is 9.97 Å². The van der Waals surface area contributed by atoms with Gasteiger partial charge < -0.3 is 19.1 Å². The summed E-state index contributed by atoms with van der Waals surface area (Å²) in [6.07, 6.45) is 4.51. The minimum atomic E-state index is -0.159. The Morgan fingerprint density at radius 2 is 1.89 bits per heavy atom. The highest BCUT2D eigenvalue weighted by Crippen LogP contribution is 2.29. The lowest BCUT2D eigenvalue weighted by Crippen LogP contribution is -2.44. The highest BCUT2D eigenvalue weighted by atomic mass is 35.5. The molecule has 28 heavy (non-hydrogen) atoms. The van der Waals surface area contributed by atoms with Crippen molar-refractivity contribution in [1.82, 2.24) is 14.9 Å². The molecule has 7 nitrogen and oxygen atoms in total. The third-order valence-corrected chi connectivity index (χ3v) is 4.52. The minimum Gasteiger partial charge on any atom is -0.490 e. The Balaban J connectivity index is 1.69. The number of hydrogen-bond acceptors (Lipinski definition) is 6. The zero-order valence-electron chi connectivity index (χ0n) is 16.1. The molecule has 1 aromatic carbocycles. The fraction of sp³-hybridized carbons (Fsp3) is 0.450. The van der Waals surface area contributed by atoms with Gasteiger partial charge in [0.25, 0.3) is 5.91 Å². The first kappa shape index (κ1) is 20.2. The first-order chi connectivity index (χ1) is 13.6. The maximum Gasteiger partial charge on any atom is 0.316 e. The number of aromatic nitrogens is 2. The van der Waals surface area contributed by atoms with Crippen LogP contribution < -0.4 is 14.2 Å². The molecule has 1 aliphatic rings. The molecule has 1 aromatic heterocycles. The monoisotopic (exact) mass is 405 g/mol. The second kappa shape index (κ2) is 9.59. The molecule has 2 aromatic rings. The Morgan fingerprint density at radius 3 is 2.61 bits per heavy atom. The lowest BCUT2D eigenvalue weighted by atomic mass is 10.1. The zero-order chi connectivity index (χ0) is 19.9. The molecule has 1 amide bonds. The van der Waals surface area contributed by atoms with Crippen LogP contribution in [-0.2, 0) is 0 Å². The van der Waals surface area contributed by atoms with Gasteiger partial charge in [-0.25, -0.2) is 9.97 Å². The predicted octanol–water partition coefficient (Wildman–Crippen LogP) is 3.61. The van der Waals surface area contributed by atoms with E-state index in [9.17, 15) is 4.79 Å². The van der Waals surface area contributed by atoms with Crippen LogP contribution in [0.3, 0.4) is 0 Å². The maximum absolute atomic E-state index is 13.0. The molecule has 150 valence electrons. The standard InChI is InChI=1S/C20H24ClN3O4/c1-3-26-17-8-7-14(10-18(17)27-4-2)19(25)24-9-5-6-16(13-24)28-20-22-11-15(21)12-23-20/h7-8,10-12,16H,3-6,9,13H2,1-2H3. The SMILES string of the molecule is CCOc1ccc(C(=O)N2CCCC(Oc3ncc(Cl)cn3)C2)cc1OCC. The maximum atomic E-state index is 13.0. The molecule has 3 rings (SSSR count). The van der Waals surface area contributed by atoms with Gasteiger partial charge in [-0.3, -0.25) is 4.79 Å². The number of carbonyl (C=O) groups excluding carboxylic acids is 1. The summed E-state index contributed by atoms with van der Waals surface area (Å²) < 4.78 is 17.0. The summed E-state index contributed by atoms with van der Waals surface area (Å²) in [5.41, 5.74) is 0.565. The molecule has 0 spiro atoms. The molecule has 2 heterocycles. The number of piperidine rings is 1. The normalized spacial score (nSPS) is 16.5. The van der Waals surface area contributed by atoms with E-state index in [-0.39, 0.29) is 18.0 Å². The third kappa shape index (κ3) is 5.04. The van der Waals surface area contributed by atoms with Crippen molar-refractivity contribution in [2.45, 2.75) is 32.8 Å². The highest BCUT2D eigenvalue weighted by molar-refractivity contribution is 6.30. The van der Waals surface area contributed by atoms with Crippen LogP contribution in [-0.4, -0.2) is 53.2 Å². The molecular weight excluding hydrogens is 382 g/mol. The highest BCUT2D eigenvalue weighted by Gasteiger charge is 2.27. The van der Waals surface area contributed by atoms with E-state index in [4.69, 9.17) is 25.8 Å². The number of rotatable bonds is 7. The summed E-state index contributed by atoms with van der Waals surface area (Å²) in [6.45, 7) is 5.99. The van der Waals surface area contributed by atoms with E-state index in [0.717, 1.165) is 12.8 Å². The van der Waals surface area contributed by atoms with Gasteiger partial charge in [0.2, 0.25) is 0 Å². The Morgan fingerprint density at radius 1 is 1.18 bits per heavy atom. The summed E-state index contributed by atoms with van der Waals surface area (Å²) in [6, 6.07) is 5.55. The van der Waals surface area contributed by atoms with Gasteiger partial charge in [-0.2, -0.15) is 0 Å². The van der Waals surface area contributed by atoms with Crippen LogP contribution in [0, 0.1) is 0 Å². The number of halogens is 1. The van der Waals surface area contributed by atoms with Gasteiger partial charge in [-0.15, -0.1) is 0 Å². The number of amides is 1. The van der Waals surface area contributed by atoms with Crippen LogP contribution in [0.4, 0.5) is 0 Å². The van der Waals surface area contributed by atoms with Gasteiger partial charge in [-0.05, 0) is 44.9 Å². The van der Waals surface area contributed by atoms with Crippen molar-refractivity contribution >= 4 is 17.5 Å². The molecule has 1 atom stereocenters. The van der Waals surface area contributed by atoms with E-state index in [1.807, 2.05) is 13.8 Å². The third-order valence-electron chi connectivity index (χ3n) is 4.32. The van der Waals surface area contributed by atoms with Crippen LogP contribution >= 0.6 is 11.6 Å². The first-order valence-electron chi connectivity index (χ1n) is 9.43. The van der Waals surface area contributed by atoms with E-state index in [1.165, 1.54) is 12.4 Å². The van der Waals surface area contributed by atoms with Crippen molar-refractivity contribution in [2.24, 2.45) is 0 Å². The van der Waals surface area contributed by atoms with Gasteiger partial charge in [0, 0.05) is 12.1 Å². The lowest BCUT2D eigenvalue weighted by Gasteiger charge is -2.32. The Hall–Kier alpha value is -2.54. The topological polar surface area (TPSA) is 73.8 Å². The van der Waals surface area contributed by atoms with Crippen molar-refractivity contribution in [1.29, 1.82) is 0 Å². The number of benzene rings is 1. The van der Waals surface area contributed by atoms with Crippen molar-refractivity contribution in [3.8, 4) is 17.5 Å². The molecule has 1 saturated heterocycles. The molecule has 0 aliphatic carbocycles. The van der Waals surface area contributed by atoms with Crippen LogP contribution in [0.1, 0.15) is 37.0 Å². The molecule has 0 saturated carbocycles. The van der Waals surface area contributed by atoms with Crippen molar-refractivity contribution in [3.63, 3.8) is 0 Å². The fourth-order valence-electron chi connectivity index (χ4n) is 3.10. The van der Waals surface area contributed by atoms with Crippen LogP contribution in [0.25, 0.3) is 0 Å².